The fourth-order valence-electron chi connectivity index (χ4n) is 3.39. The molecular formula is C23H22N2O4. The number of amides is 1. The van der Waals surface area contributed by atoms with Crippen LogP contribution < -0.4 is 4.74 Å². The first kappa shape index (κ1) is 18.9. The first-order valence-electron chi connectivity index (χ1n) is 9.61. The van der Waals surface area contributed by atoms with Crippen molar-refractivity contribution in [2.24, 2.45) is 5.10 Å². The number of rotatable bonds is 6. The minimum atomic E-state index is -0.419. The topological polar surface area (TPSA) is 68.2 Å². The van der Waals surface area contributed by atoms with E-state index in [1.54, 1.807) is 7.11 Å². The SMILES string of the molecule is COc1ccc([C@@H]2CC(c3ccccc3)=NN2C(=O)COC(=O)C2=CCC2)cc1. The Kier molecular flexibility index (Phi) is 5.42. The molecule has 2 aromatic carbocycles. The van der Waals surface area contributed by atoms with Crippen LogP contribution in [0.15, 0.2) is 71.3 Å². The average molecular weight is 390 g/mol. The van der Waals surface area contributed by atoms with Gasteiger partial charge in [0.15, 0.2) is 6.61 Å². The smallest absolute Gasteiger partial charge is 0.334 e. The Morgan fingerprint density at radius 3 is 2.45 bits per heavy atom. The Labute approximate surface area is 169 Å². The molecule has 0 fully saturated rings. The molecule has 1 aliphatic carbocycles. The fourth-order valence-corrected chi connectivity index (χ4v) is 3.39. The summed E-state index contributed by atoms with van der Waals surface area (Å²) in [5.41, 5.74) is 3.38. The lowest BCUT2D eigenvalue weighted by atomic mass is 9.98. The molecule has 148 valence electrons. The second-order valence-electron chi connectivity index (χ2n) is 6.99. The molecule has 4 rings (SSSR count). The zero-order valence-corrected chi connectivity index (χ0v) is 16.2. The van der Waals surface area contributed by atoms with E-state index in [2.05, 4.69) is 5.10 Å². The van der Waals surface area contributed by atoms with E-state index < -0.39 is 5.97 Å². The molecule has 0 aromatic heterocycles. The molecule has 6 heteroatoms. The van der Waals surface area contributed by atoms with Crippen molar-refractivity contribution in [3.63, 3.8) is 0 Å². The maximum Gasteiger partial charge on any atom is 0.334 e. The highest BCUT2D eigenvalue weighted by Crippen LogP contribution is 2.33. The van der Waals surface area contributed by atoms with Crippen molar-refractivity contribution < 1.29 is 19.1 Å². The van der Waals surface area contributed by atoms with Crippen LogP contribution in [0.1, 0.15) is 36.4 Å². The maximum atomic E-state index is 12.9. The summed E-state index contributed by atoms with van der Waals surface area (Å²) < 4.78 is 10.4. The van der Waals surface area contributed by atoms with Gasteiger partial charge in [0, 0.05) is 12.0 Å². The number of benzene rings is 2. The van der Waals surface area contributed by atoms with Crippen molar-refractivity contribution in [2.75, 3.05) is 13.7 Å². The van der Waals surface area contributed by atoms with E-state index in [0.717, 1.165) is 29.0 Å². The zero-order chi connectivity index (χ0) is 20.2. The number of methoxy groups -OCH3 is 1. The van der Waals surface area contributed by atoms with Crippen molar-refractivity contribution in [3.05, 3.63) is 77.4 Å². The van der Waals surface area contributed by atoms with Crippen LogP contribution in [0.4, 0.5) is 0 Å². The Morgan fingerprint density at radius 1 is 1.10 bits per heavy atom. The number of hydrazone groups is 1. The molecule has 0 unspecified atom stereocenters. The van der Waals surface area contributed by atoms with E-state index in [1.807, 2.05) is 60.7 Å². The van der Waals surface area contributed by atoms with Crippen molar-refractivity contribution in [3.8, 4) is 5.75 Å². The zero-order valence-electron chi connectivity index (χ0n) is 16.2. The van der Waals surface area contributed by atoms with Gasteiger partial charge in [-0.3, -0.25) is 4.79 Å². The van der Waals surface area contributed by atoms with Gasteiger partial charge in [-0.15, -0.1) is 0 Å². The summed E-state index contributed by atoms with van der Waals surface area (Å²) in [5, 5.41) is 6.02. The Balaban J connectivity index is 1.55. The summed E-state index contributed by atoms with van der Waals surface area (Å²) >= 11 is 0. The van der Waals surface area contributed by atoms with Crippen molar-refractivity contribution in [1.82, 2.24) is 5.01 Å². The van der Waals surface area contributed by atoms with Gasteiger partial charge in [0.1, 0.15) is 5.75 Å². The quantitative estimate of drug-likeness (QED) is 0.707. The number of carbonyl (C=O) groups excluding carboxylic acids is 2. The summed E-state index contributed by atoms with van der Waals surface area (Å²) in [6.07, 6.45) is 4.01. The largest absolute Gasteiger partial charge is 0.497 e. The highest BCUT2D eigenvalue weighted by atomic mass is 16.5. The highest BCUT2D eigenvalue weighted by molar-refractivity contribution is 6.03. The van der Waals surface area contributed by atoms with Gasteiger partial charge in [-0.05, 0) is 36.1 Å². The van der Waals surface area contributed by atoms with E-state index >= 15 is 0 Å². The predicted molar refractivity (Wildman–Crippen MR) is 108 cm³/mol. The molecule has 1 heterocycles. The highest BCUT2D eigenvalue weighted by Gasteiger charge is 2.33. The molecular weight excluding hydrogens is 368 g/mol. The summed E-state index contributed by atoms with van der Waals surface area (Å²) in [5.74, 6) is -0.0152. The van der Waals surface area contributed by atoms with Gasteiger partial charge >= 0.3 is 5.97 Å². The second-order valence-corrected chi connectivity index (χ2v) is 6.99. The van der Waals surface area contributed by atoms with Gasteiger partial charge in [0.2, 0.25) is 0 Å². The third-order valence-electron chi connectivity index (χ3n) is 5.17. The molecule has 0 saturated heterocycles. The number of ether oxygens (including phenoxy) is 2. The van der Waals surface area contributed by atoms with Gasteiger partial charge in [-0.1, -0.05) is 48.5 Å². The average Bonchev–Trinajstić information content (AvgIpc) is 3.17. The predicted octanol–water partition coefficient (Wildman–Crippen LogP) is 3.64. The summed E-state index contributed by atoms with van der Waals surface area (Å²) in [4.78, 5) is 24.8. The molecule has 0 radical (unpaired) electrons. The van der Waals surface area contributed by atoms with Gasteiger partial charge in [-0.25, -0.2) is 9.80 Å². The van der Waals surface area contributed by atoms with E-state index in [4.69, 9.17) is 9.47 Å². The number of esters is 1. The molecule has 2 aromatic rings. The van der Waals surface area contributed by atoms with Crippen molar-refractivity contribution in [1.29, 1.82) is 0 Å². The molecule has 1 atom stereocenters. The molecule has 1 amide bonds. The lowest BCUT2D eigenvalue weighted by molar-refractivity contribution is -0.150. The van der Waals surface area contributed by atoms with Crippen LogP contribution in [0.2, 0.25) is 0 Å². The summed E-state index contributed by atoms with van der Waals surface area (Å²) in [7, 11) is 1.61. The normalized spacial score (nSPS) is 17.8. The minimum Gasteiger partial charge on any atom is -0.497 e. The van der Waals surface area contributed by atoms with Crippen LogP contribution in [0.3, 0.4) is 0 Å². The van der Waals surface area contributed by atoms with E-state index in [-0.39, 0.29) is 18.6 Å². The Morgan fingerprint density at radius 2 is 1.83 bits per heavy atom. The maximum absolute atomic E-state index is 12.9. The monoisotopic (exact) mass is 390 g/mol. The molecule has 6 nitrogen and oxygen atoms in total. The van der Waals surface area contributed by atoms with Crippen LogP contribution in [0, 0.1) is 0 Å². The third kappa shape index (κ3) is 4.06. The summed E-state index contributed by atoms with van der Waals surface area (Å²) in [6.45, 7) is -0.325. The number of carbonyl (C=O) groups is 2. The standard InChI is InChI=1S/C23H22N2O4/c1-28-19-12-10-17(11-13-19)21-14-20(16-6-3-2-4-7-16)24-25(21)22(26)15-29-23(27)18-8-5-9-18/h2-4,6-8,10-13,21H,5,9,14-15H2,1H3/t21-/m0/s1. The Bertz CT molecular complexity index is 964. The number of allylic oxidation sites excluding steroid dienone is 1. The Hall–Kier alpha value is -3.41. The number of hydrogen-bond donors (Lipinski definition) is 0. The fraction of sp³-hybridized carbons (Fsp3) is 0.261. The lowest BCUT2D eigenvalue weighted by Gasteiger charge is -2.22. The molecule has 1 aliphatic heterocycles. The lowest BCUT2D eigenvalue weighted by Crippen LogP contribution is -2.31. The van der Waals surface area contributed by atoms with E-state index in [9.17, 15) is 9.59 Å². The third-order valence-corrected chi connectivity index (χ3v) is 5.17. The number of hydrogen-bond acceptors (Lipinski definition) is 5. The van der Waals surface area contributed by atoms with Crippen LogP contribution in [0.25, 0.3) is 0 Å². The van der Waals surface area contributed by atoms with Crippen LogP contribution in [0.5, 0.6) is 5.75 Å². The molecule has 2 aliphatic rings. The van der Waals surface area contributed by atoms with Crippen LogP contribution >= 0.6 is 0 Å². The first-order chi connectivity index (χ1) is 14.2. The van der Waals surface area contributed by atoms with Crippen LogP contribution in [-0.4, -0.2) is 36.3 Å². The van der Waals surface area contributed by atoms with Gasteiger partial charge in [0.25, 0.3) is 5.91 Å². The van der Waals surface area contributed by atoms with E-state index in [0.29, 0.717) is 18.4 Å². The van der Waals surface area contributed by atoms with Crippen molar-refractivity contribution >= 4 is 17.6 Å². The minimum absolute atomic E-state index is 0.259. The van der Waals surface area contributed by atoms with Gasteiger partial charge < -0.3 is 9.47 Å². The second kappa shape index (κ2) is 8.31. The van der Waals surface area contributed by atoms with Gasteiger partial charge in [-0.2, -0.15) is 5.10 Å². The molecule has 29 heavy (non-hydrogen) atoms. The molecule has 0 spiro atoms. The first-order valence-corrected chi connectivity index (χ1v) is 9.61. The molecule has 0 N–H and O–H groups in total. The van der Waals surface area contributed by atoms with Crippen molar-refractivity contribution in [2.45, 2.75) is 25.3 Å². The van der Waals surface area contributed by atoms with Gasteiger partial charge in [0.05, 0.1) is 18.9 Å². The van der Waals surface area contributed by atoms with Crippen LogP contribution in [-0.2, 0) is 14.3 Å². The summed E-state index contributed by atoms with van der Waals surface area (Å²) in [6, 6.07) is 17.1. The molecule has 0 bridgehead atoms. The van der Waals surface area contributed by atoms with E-state index in [1.165, 1.54) is 5.01 Å². The molecule has 0 saturated carbocycles. The number of nitrogens with zero attached hydrogens (tertiary/aromatic N) is 2.